The molecule has 0 aliphatic rings. The SMILES string of the molecule is CN=C(NCC(=O)Nc1ccc(F)c(F)c1F)NCc1ncc(C(C)(C)C)o1.I. The van der Waals surface area contributed by atoms with Crippen molar-refractivity contribution in [1.82, 2.24) is 15.6 Å². The van der Waals surface area contributed by atoms with Gasteiger partial charge in [0.2, 0.25) is 11.8 Å². The number of benzene rings is 1. The van der Waals surface area contributed by atoms with Crippen molar-refractivity contribution in [2.24, 2.45) is 4.99 Å². The maximum absolute atomic E-state index is 13.6. The number of halogens is 4. The molecule has 3 N–H and O–H groups in total. The number of guanidine groups is 1. The molecule has 2 rings (SSSR count). The van der Waals surface area contributed by atoms with E-state index in [1.54, 1.807) is 6.20 Å². The number of anilines is 1. The average molecular weight is 525 g/mol. The lowest BCUT2D eigenvalue weighted by Gasteiger charge is -2.13. The summed E-state index contributed by atoms with van der Waals surface area (Å²) in [4.78, 5) is 20.0. The second-order valence-corrected chi connectivity index (χ2v) is 6.92. The summed E-state index contributed by atoms with van der Waals surface area (Å²) in [6, 6.07) is 1.66. The van der Waals surface area contributed by atoms with Crippen LogP contribution in [-0.2, 0) is 16.8 Å². The summed E-state index contributed by atoms with van der Waals surface area (Å²) in [5.74, 6) is -3.66. The van der Waals surface area contributed by atoms with Crippen molar-refractivity contribution >= 4 is 41.5 Å². The summed E-state index contributed by atoms with van der Waals surface area (Å²) >= 11 is 0. The van der Waals surface area contributed by atoms with Gasteiger partial charge in [-0.15, -0.1) is 24.0 Å². The molecule has 2 aromatic rings. The van der Waals surface area contributed by atoms with Gasteiger partial charge in [-0.25, -0.2) is 18.2 Å². The third-order valence-electron chi connectivity index (χ3n) is 3.65. The molecule has 0 unspecified atom stereocenters. The molecule has 0 bridgehead atoms. The Balaban J connectivity index is 0.00000420. The van der Waals surface area contributed by atoms with Gasteiger partial charge in [-0.2, -0.15) is 0 Å². The van der Waals surface area contributed by atoms with Gasteiger partial charge in [-0.1, -0.05) is 20.8 Å². The summed E-state index contributed by atoms with van der Waals surface area (Å²) in [7, 11) is 1.50. The van der Waals surface area contributed by atoms with E-state index >= 15 is 0 Å². The van der Waals surface area contributed by atoms with Crippen LogP contribution in [-0.4, -0.2) is 30.4 Å². The highest BCUT2D eigenvalue weighted by molar-refractivity contribution is 14.0. The summed E-state index contributed by atoms with van der Waals surface area (Å²) in [6.07, 6.45) is 1.65. The van der Waals surface area contributed by atoms with Crippen molar-refractivity contribution in [3.63, 3.8) is 0 Å². The minimum Gasteiger partial charge on any atom is -0.443 e. The number of carbonyl (C=O) groups is 1. The van der Waals surface area contributed by atoms with Gasteiger partial charge in [-0.05, 0) is 12.1 Å². The maximum Gasteiger partial charge on any atom is 0.243 e. The van der Waals surface area contributed by atoms with Crippen LogP contribution in [0, 0.1) is 17.5 Å². The topological polar surface area (TPSA) is 91.5 Å². The van der Waals surface area contributed by atoms with E-state index in [0.29, 0.717) is 5.89 Å². The molecule has 0 atom stereocenters. The fourth-order valence-electron chi connectivity index (χ4n) is 2.10. The van der Waals surface area contributed by atoms with E-state index < -0.39 is 29.0 Å². The van der Waals surface area contributed by atoms with Crippen LogP contribution in [0.15, 0.2) is 27.7 Å². The Kier molecular flexibility index (Phi) is 8.92. The van der Waals surface area contributed by atoms with Crippen LogP contribution in [0.4, 0.5) is 18.9 Å². The zero-order chi connectivity index (χ0) is 20.9. The van der Waals surface area contributed by atoms with Gasteiger partial charge >= 0.3 is 0 Å². The summed E-state index contributed by atoms with van der Waals surface area (Å²) in [5.41, 5.74) is -0.624. The molecule has 0 saturated heterocycles. The van der Waals surface area contributed by atoms with E-state index in [1.807, 2.05) is 20.8 Å². The molecule has 0 aliphatic carbocycles. The van der Waals surface area contributed by atoms with Crippen LogP contribution in [0.3, 0.4) is 0 Å². The van der Waals surface area contributed by atoms with E-state index in [0.717, 1.165) is 17.9 Å². The summed E-state index contributed by atoms with van der Waals surface area (Å²) in [6.45, 7) is 5.95. The number of hydrogen-bond acceptors (Lipinski definition) is 4. The Bertz CT molecular complexity index is 881. The van der Waals surface area contributed by atoms with Gasteiger partial charge in [0.15, 0.2) is 23.4 Å². The first-order valence-electron chi connectivity index (χ1n) is 8.45. The lowest BCUT2D eigenvalue weighted by Crippen LogP contribution is -2.41. The fraction of sp³-hybridized carbons (Fsp3) is 0.389. The number of oxazole rings is 1. The van der Waals surface area contributed by atoms with Crippen LogP contribution in [0.1, 0.15) is 32.4 Å². The number of rotatable bonds is 5. The number of aromatic nitrogens is 1. The van der Waals surface area contributed by atoms with Crippen LogP contribution >= 0.6 is 24.0 Å². The number of carbonyl (C=O) groups excluding carboxylic acids is 1. The van der Waals surface area contributed by atoms with E-state index in [9.17, 15) is 18.0 Å². The molecule has 1 amide bonds. The molecule has 0 saturated carbocycles. The Morgan fingerprint density at radius 2 is 1.86 bits per heavy atom. The first-order valence-corrected chi connectivity index (χ1v) is 8.45. The lowest BCUT2D eigenvalue weighted by atomic mass is 9.94. The number of hydrogen-bond donors (Lipinski definition) is 3. The van der Waals surface area contributed by atoms with Crippen molar-refractivity contribution in [1.29, 1.82) is 0 Å². The summed E-state index contributed by atoms with van der Waals surface area (Å²) < 4.78 is 45.3. The minimum absolute atomic E-state index is 0. The third-order valence-corrected chi connectivity index (χ3v) is 3.65. The highest BCUT2D eigenvalue weighted by Crippen LogP contribution is 2.22. The number of nitrogens with one attached hydrogen (secondary N) is 3. The zero-order valence-electron chi connectivity index (χ0n) is 16.4. The Labute approximate surface area is 183 Å². The van der Waals surface area contributed by atoms with Crippen LogP contribution in [0.25, 0.3) is 0 Å². The van der Waals surface area contributed by atoms with Crippen LogP contribution in [0.5, 0.6) is 0 Å². The quantitative estimate of drug-likeness (QED) is 0.241. The molecule has 0 aliphatic heterocycles. The molecule has 1 heterocycles. The second-order valence-electron chi connectivity index (χ2n) is 6.92. The maximum atomic E-state index is 13.6. The molecule has 0 fully saturated rings. The molecule has 7 nitrogen and oxygen atoms in total. The number of nitrogens with zero attached hydrogens (tertiary/aromatic N) is 2. The van der Waals surface area contributed by atoms with Gasteiger partial charge in [-0.3, -0.25) is 9.79 Å². The Morgan fingerprint density at radius 1 is 1.17 bits per heavy atom. The smallest absolute Gasteiger partial charge is 0.243 e. The average Bonchev–Trinajstić information content (AvgIpc) is 3.12. The largest absolute Gasteiger partial charge is 0.443 e. The zero-order valence-corrected chi connectivity index (χ0v) is 18.7. The van der Waals surface area contributed by atoms with Gasteiger partial charge < -0.3 is 20.4 Å². The third kappa shape index (κ3) is 6.91. The molecular weight excluding hydrogens is 502 g/mol. The minimum atomic E-state index is -1.65. The first-order chi connectivity index (χ1) is 13.1. The van der Waals surface area contributed by atoms with Crippen molar-refractivity contribution in [2.75, 3.05) is 18.9 Å². The monoisotopic (exact) mass is 525 g/mol. The van der Waals surface area contributed by atoms with Gasteiger partial charge in [0.05, 0.1) is 25.0 Å². The highest BCUT2D eigenvalue weighted by Gasteiger charge is 2.19. The number of aliphatic imine (C=N–C) groups is 1. The molecular formula is C18H23F3IN5O2. The van der Waals surface area contributed by atoms with Gasteiger partial charge in [0, 0.05) is 12.5 Å². The molecule has 0 spiro atoms. The Hall–Kier alpha value is -2.31. The summed E-state index contributed by atoms with van der Waals surface area (Å²) in [5, 5.41) is 7.78. The lowest BCUT2D eigenvalue weighted by molar-refractivity contribution is -0.115. The van der Waals surface area contributed by atoms with E-state index in [4.69, 9.17) is 4.42 Å². The molecule has 0 radical (unpaired) electrons. The highest BCUT2D eigenvalue weighted by atomic mass is 127. The van der Waals surface area contributed by atoms with Crippen molar-refractivity contribution in [3.05, 3.63) is 47.4 Å². The van der Waals surface area contributed by atoms with Crippen LogP contribution in [0.2, 0.25) is 0 Å². The number of amides is 1. The Morgan fingerprint density at radius 3 is 2.45 bits per heavy atom. The predicted octanol–water partition coefficient (Wildman–Crippen LogP) is 3.31. The van der Waals surface area contributed by atoms with E-state index in [1.165, 1.54) is 7.05 Å². The van der Waals surface area contributed by atoms with E-state index in [2.05, 4.69) is 25.9 Å². The van der Waals surface area contributed by atoms with Crippen molar-refractivity contribution < 1.29 is 22.4 Å². The standard InChI is InChI=1S/C18H22F3N5O2.HI/c1-18(2,3)12-7-23-14(28-12)9-25-17(22-4)24-8-13(27)26-11-6-5-10(19)15(20)16(11)21;/h5-7H,8-9H2,1-4H3,(H,26,27)(H2,22,24,25);1H. The first kappa shape index (κ1) is 24.7. The van der Waals surface area contributed by atoms with Crippen molar-refractivity contribution in [2.45, 2.75) is 32.7 Å². The van der Waals surface area contributed by atoms with Crippen LogP contribution < -0.4 is 16.0 Å². The molecule has 1 aromatic carbocycles. The van der Waals surface area contributed by atoms with E-state index in [-0.39, 0.29) is 48.4 Å². The second kappa shape index (κ2) is 10.5. The molecule has 11 heteroatoms. The van der Waals surface area contributed by atoms with Crippen molar-refractivity contribution in [3.8, 4) is 0 Å². The normalized spacial score (nSPS) is 11.6. The molecule has 29 heavy (non-hydrogen) atoms. The fourth-order valence-corrected chi connectivity index (χ4v) is 2.10. The molecule has 1 aromatic heterocycles. The van der Waals surface area contributed by atoms with Gasteiger partial charge in [0.1, 0.15) is 5.76 Å². The molecule has 160 valence electrons. The van der Waals surface area contributed by atoms with Gasteiger partial charge in [0.25, 0.3) is 0 Å². The predicted molar refractivity (Wildman–Crippen MR) is 114 cm³/mol.